The summed E-state index contributed by atoms with van der Waals surface area (Å²) in [6.07, 6.45) is -3.05. The highest BCUT2D eigenvalue weighted by Crippen LogP contribution is 2.06. The third-order valence-corrected chi connectivity index (χ3v) is 5.00. The van der Waals surface area contributed by atoms with Crippen LogP contribution in [0, 0.1) is 0 Å². The number of benzene rings is 1. The van der Waals surface area contributed by atoms with Gasteiger partial charge in [0.1, 0.15) is 18.1 Å². The summed E-state index contributed by atoms with van der Waals surface area (Å²) in [6.45, 7) is 1.16. The van der Waals surface area contributed by atoms with Gasteiger partial charge in [-0.05, 0) is 18.9 Å². The van der Waals surface area contributed by atoms with Crippen molar-refractivity contribution in [2.75, 3.05) is 0 Å². The summed E-state index contributed by atoms with van der Waals surface area (Å²) in [7, 11) is 0. The van der Waals surface area contributed by atoms with Crippen LogP contribution in [0.15, 0.2) is 30.3 Å². The van der Waals surface area contributed by atoms with Gasteiger partial charge in [-0.1, -0.05) is 30.3 Å². The van der Waals surface area contributed by atoms with E-state index >= 15 is 0 Å². The molecule has 0 saturated carbocycles. The molecule has 1 rings (SSSR count). The molecule has 36 heavy (non-hydrogen) atoms. The molecule has 5 unspecified atom stereocenters. The first-order chi connectivity index (χ1) is 16.8. The molecule has 1 aromatic carbocycles. The fraction of sp³-hybridized carbons (Fsp3) is 0.455. The Hall–Kier alpha value is -4.04. The fourth-order valence-corrected chi connectivity index (χ4v) is 3.10. The van der Waals surface area contributed by atoms with E-state index in [1.54, 1.807) is 30.3 Å². The van der Waals surface area contributed by atoms with Crippen molar-refractivity contribution in [3.63, 3.8) is 0 Å². The SMILES string of the molecule is CC(O)C(NC(=O)C(N)CC(N)=O)C(=O)NC(CCC(=O)O)C(=O)NC(Cc1ccccc1)C(=O)O. The van der Waals surface area contributed by atoms with Crippen molar-refractivity contribution in [2.45, 2.75) is 62.9 Å². The highest BCUT2D eigenvalue weighted by Gasteiger charge is 2.33. The summed E-state index contributed by atoms with van der Waals surface area (Å²) >= 11 is 0. The lowest BCUT2D eigenvalue weighted by Gasteiger charge is -2.26. The molecular formula is C22H31N5O9. The number of aliphatic carboxylic acids is 2. The second kappa shape index (κ2) is 14.4. The molecule has 14 nitrogen and oxygen atoms in total. The number of hydrogen-bond acceptors (Lipinski definition) is 8. The van der Waals surface area contributed by atoms with Crippen molar-refractivity contribution in [1.29, 1.82) is 0 Å². The van der Waals surface area contributed by atoms with Gasteiger partial charge in [0.15, 0.2) is 0 Å². The van der Waals surface area contributed by atoms with Crippen LogP contribution < -0.4 is 27.4 Å². The van der Waals surface area contributed by atoms with Crippen molar-refractivity contribution >= 4 is 35.6 Å². The second-order valence-corrected chi connectivity index (χ2v) is 8.09. The lowest BCUT2D eigenvalue weighted by atomic mass is 10.0. The van der Waals surface area contributed by atoms with E-state index in [1.165, 1.54) is 0 Å². The van der Waals surface area contributed by atoms with Crippen LogP contribution in [-0.4, -0.2) is 81.2 Å². The van der Waals surface area contributed by atoms with E-state index in [9.17, 15) is 39.0 Å². The van der Waals surface area contributed by atoms with Crippen LogP contribution in [0.3, 0.4) is 0 Å². The maximum absolute atomic E-state index is 12.8. The smallest absolute Gasteiger partial charge is 0.326 e. The number of carboxylic acid groups (broad SMARTS) is 2. The number of carbonyl (C=O) groups is 6. The summed E-state index contributed by atoms with van der Waals surface area (Å²) in [4.78, 5) is 71.5. The molecule has 0 aliphatic rings. The van der Waals surface area contributed by atoms with E-state index in [4.69, 9.17) is 16.6 Å². The Balaban J connectivity index is 3.01. The number of primary amides is 1. The predicted molar refractivity (Wildman–Crippen MR) is 124 cm³/mol. The summed E-state index contributed by atoms with van der Waals surface area (Å²) in [5.74, 6) is -6.52. The minimum atomic E-state index is -1.63. The van der Waals surface area contributed by atoms with Crippen LogP contribution >= 0.6 is 0 Å². The van der Waals surface area contributed by atoms with E-state index in [2.05, 4.69) is 16.0 Å². The largest absolute Gasteiger partial charge is 0.481 e. The zero-order valence-electron chi connectivity index (χ0n) is 19.5. The number of carbonyl (C=O) groups excluding carboxylic acids is 4. The molecule has 0 fully saturated rings. The van der Waals surface area contributed by atoms with E-state index in [0.29, 0.717) is 5.56 Å². The third-order valence-electron chi connectivity index (χ3n) is 5.00. The molecule has 0 heterocycles. The van der Waals surface area contributed by atoms with Crippen LogP contribution in [-0.2, 0) is 35.2 Å². The molecule has 0 aromatic heterocycles. The summed E-state index contributed by atoms with van der Waals surface area (Å²) in [5, 5.41) is 35.1. The minimum absolute atomic E-state index is 0.0778. The van der Waals surface area contributed by atoms with E-state index in [1.807, 2.05) is 0 Å². The normalized spacial score (nSPS) is 14.9. The van der Waals surface area contributed by atoms with Gasteiger partial charge in [-0.2, -0.15) is 0 Å². The molecule has 0 bridgehead atoms. The Morgan fingerprint density at radius 1 is 0.889 bits per heavy atom. The first kappa shape index (κ1) is 30.0. The van der Waals surface area contributed by atoms with Crippen molar-refractivity contribution in [2.24, 2.45) is 11.5 Å². The molecule has 0 aliphatic heterocycles. The summed E-state index contributed by atoms with van der Waals surface area (Å²) in [6, 6.07) is 2.49. The first-order valence-corrected chi connectivity index (χ1v) is 10.9. The Morgan fingerprint density at radius 3 is 1.97 bits per heavy atom. The van der Waals surface area contributed by atoms with Gasteiger partial charge in [-0.3, -0.25) is 24.0 Å². The Kier molecular flexibility index (Phi) is 12.0. The number of nitrogens with one attached hydrogen (secondary N) is 3. The maximum Gasteiger partial charge on any atom is 0.326 e. The van der Waals surface area contributed by atoms with E-state index in [0.717, 1.165) is 6.92 Å². The Labute approximate surface area is 206 Å². The highest BCUT2D eigenvalue weighted by atomic mass is 16.4. The van der Waals surface area contributed by atoms with Gasteiger partial charge >= 0.3 is 11.9 Å². The summed E-state index contributed by atoms with van der Waals surface area (Å²) < 4.78 is 0. The van der Waals surface area contributed by atoms with Gasteiger partial charge in [0, 0.05) is 12.8 Å². The van der Waals surface area contributed by atoms with E-state index in [-0.39, 0.29) is 6.42 Å². The van der Waals surface area contributed by atoms with Crippen LogP contribution in [0.5, 0.6) is 0 Å². The minimum Gasteiger partial charge on any atom is -0.481 e. The molecule has 1 aromatic rings. The molecule has 0 saturated heterocycles. The average molecular weight is 510 g/mol. The zero-order valence-corrected chi connectivity index (χ0v) is 19.5. The quantitative estimate of drug-likeness (QED) is 0.121. The molecule has 14 heteroatoms. The van der Waals surface area contributed by atoms with Crippen molar-refractivity contribution in [1.82, 2.24) is 16.0 Å². The first-order valence-electron chi connectivity index (χ1n) is 10.9. The van der Waals surface area contributed by atoms with E-state index < -0.39 is 85.1 Å². The second-order valence-electron chi connectivity index (χ2n) is 8.09. The maximum atomic E-state index is 12.8. The number of aliphatic hydroxyl groups is 1. The van der Waals surface area contributed by atoms with Crippen LogP contribution in [0.1, 0.15) is 31.7 Å². The van der Waals surface area contributed by atoms with Crippen molar-refractivity contribution in [3.8, 4) is 0 Å². The van der Waals surface area contributed by atoms with Crippen molar-refractivity contribution < 1.29 is 44.1 Å². The number of amides is 4. The molecule has 10 N–H and O–H groups in total. The molecule has 5 atom stereocenters. The molecule has 4 amide bonds. The molecule has 0 aliphatic carbocycles. The van der Waals surface area contributed by atoms with Gasteiger partial charge < -0.3 is 42.7 Å². The number of nitrogens with two attached hydrogens (primary N) is 2. The number of hydrogen-bond donors (Lipinski definition) is 8. The highest BCUT2D eigenvalue weighted by molar-refractivity contribution is 5.95. The van der Waals surface area contributed by atoms with Crippen molar-refractivity contribution in [3.05, 3.63) is 35.9 Å². The van der Waals surface area contributed by atoms with Crippen LogP contribution in [0.4, 0.5) is 0 Å². The number of carboxylic acids is 2. The average Bonchev–Trinajstić information content (AvgIpc) is 2.78. The molecule has 0 radical (unpaired) electrons. The summed E-state index contributed by atoms with van der Waals surface area (Å²) in [5.41, 5.74) is 11.1. The lowest BCUT2D eigenvalue weighted by molar-refractivity contribution is -0.143. The molecular weight excluding hydrogens is 478 g/mol. The van der Waals surface area contributed by atoms with Crippen LogP contribution in [0.2, 0.25) is 0 Å². The van der Waals surface area contributed by atoms with Gasteiger partial charge in [0.2, 0.25) is 23.6 Å². The van der Waals surface area contributed by atoms with Gasteiger partial charge in [0.25, 0.3) is 0 Å². The number of aliphatic hydroxyl groups excluding tert-OH is 1. The van der Waals surface area contributed by atoms with Gasteiger partial charge in [-0.25, -0.2) is 4.79 Å². The van der Waals surface area contributed by atoms with Crippen LogP contribution in [0.25, 0.3) is 0 Å². The lowest BCUT2D eigenvalue weighted by Crippen LogP contribution is -2.60. The topological polar surface area (TPSA) is 251 Å². The Morgan fingerprint density at radius 2 is 1.47 bits per heavy atom. The predicted octanol–water partition coefficient (Wildman–Crippen LogP) is -2.78. The molecule has 0 spiro atoms. The van der Waals surface area contributed by atoms with Gasteiger partial charge in [-0.15, -0.1) is 0 Å². The standard InChI is InChI=1S/C22H31N5O9/c1-11(28)18(27-19(32)13(23)10-16(24)29)21(34)25-14(7-8-17(30)31)20(33)26-15(22(35)36)9-12-5-3-2-4-6-12/h2-6,11,13-15,18,28H,7-10,23H2,1H3,(H2,24,29)(H,25,34)(H,26,33)(H,27,32)(H,30,31)(H,35,36). The monoisotopic (exact) mass is 509 g/mol. The number of rotatable bonds is 15. The zero-order chi connectivity index (χ0) is 27.4. The Bertz CT molecular complexity index is 954. The van der Waals surface area contributed by atoms with Gasteiger partial charge in [0.05, 0.1) is 18.6 Å². The third kappa shape index (κ3) is 10.5. The fourth-order valence-electron chi connectivity index (χ4n) is 3.10. The molecule has 198 valence electrons.